The number of ether oxygens (including phenoxy) is 1. The van der Waals surface area contributed by atoms with E-state index in [9.17, 15) is 0 Å². The van der Waals surface area contributed by atoms with E-state index in [1.807, 2.05) is 6.07 Å². The Kier molecular flexibility index (Phi) is 3.85. The second-order valence-corrected chi connectivity index (χ2v) is 5.11. The molecule has 1 aliphatic rings. The van der Waals surface area contributed by atoms with Crippen LogP contribution in [0.3, 0.4) is 0 Å². The highest BCUT2D eigenvalue weighted by Gasteiger charge is 2.33. The molecule has 0 amide bonds. The molecule has 1 aromatic carbocycles. The highest BCUT2D eigenvalue weighted by atomic mass is 16.5. The number of benzene rings is 1. The zero-order chi connectivity index (χ0) is 13.0. The van der Waals surface area contributed by atoms with Crippen LogP contribution in [0.5, 0.6) is 0 Å². The highest BCUT2D eigenvalue weighted by molar-refractivity contribution is 6.01. The third-order valence-corrected chi connectivity index (χ3v) is 3.14. The van der Waals surface area contributed by atoms with Crippen molar-refractivity contribution in [2.75, 3.05) is 6.54 Å². The fraction of sp³-hybridized carbons (Fsp3) is 0.438. The van der Waals surface area contributed by atoms with Crippen LogP contribution in [-0.2, 0) is 4.74 Å². The van der Waals surface area contributed by atoms with Crippen molar-refractivity contribution in [1.82, 2.24) is 0 Å². The fourth-order valence-electron chi connectivity index (χ4n) is 2.12. The third kappa shape index (κ3) is 2.81. The van der Waals surface area contributed by atoms with Crippen LogP contribution < -0.4 is 0 Å². The maximum absolute atomic E-state index is 5.92. The number of unbranched alkanes of at least 4 members (excludes halogenated alkanes) is 1. The number of hydrogen-bond acceptors (Lipinski definition) is 2. The highest BCUT2D eigenvalue weighted by Crippen LogP contribution is 2.35. The molecule has 0 saturated heterocycles. The monoisotopic (exact) mass is 243 g/mol. The van der Waals surface area contributed by atoms with Gasteiger partial charge in [-0.15, -0.1) is 0 Å². The lowest BCUT2D eigenvalue weighted by molar-refractivity contribution is 0.170. The molecule has 0 unspecified atom stereocenters. The number of aliphatic imine (C=N–C) groups is 1. The number of hydrogen-bond donors (Lipinski definition) is 0. The number of nitrogens with zero attached hydrogens (tertiary/aromatic N) is 1. The van der Waals surface area contributed by atoms with Gasteiger partial charge in [0.1, 0.15) is 5.60 Å². The van der Waals surface area contributed by atoms with Crippen molar-refractivity contribution in [1.29, 1.82) is 0 Å². The molecular weight excluding hydrogens is 222 g/mol. The molecule has 0 aliphatic carbocycles. The van der Waals surface area contributed by atoms with Crippen molar-refractivity contribution in [2.45, 2.75) is 39.2 Å². The Balaban J connectivity index is 2.23. The predicted octanol–water partition coefficient (Wildman–Crippen LogP) is 4.08. The first-order valence-electron chi connectivity index (χ1n) is 6.64. The van der Waals surface area contributed by atoms with E-state index < -0.39 is 0 Å². The summed E-state index contributed by atoms with van der Waals surface area (Å²) in [5, 5.41) is 0. The first-order chi connectivity index (χ1) is 8.63. The lowest BCUT2D eigenvalue weighted by Gasteiger charge is -2.22. The zero-order valence-electron chi connectivity index (χ0n) is 11.4. The van der Waals surface area contributed by atoms with E-state index >= 15 is 0 Å². The molecule has 0 radical (unpaired) electrons. The minimum atomic E-state index is -0.285. The summed E-state index contributed by atoms with van der Waals surface area (Å²) >= 11 is 0. The fourth-order valence-corrected chi connectivity index (χ4v) is 2.12. The lowest BCUT2D eigenvalue weighted by Crippen LogP contribution is -2.22. The van der Waals surface area contributed by atoms with Crippen LogP contribution in [0.1, 0.15) is 39.2 Å². The van der Waals surface area contributed by atoms with Crippen LogP contribution >= 0.6 is 0 Å². The van der Waals surface area contributed by atoms with Gasteiger partial charge < -0.3 is 4.74 Å². The van der Waals surface area contributed by atoms with E-state index in [0.29, 0.717) is 0 Å². The van der Waals surface area contributed by atoms with Crippen molar-refractivity contribution >= 4 is 11.5 Å². The SMILES string of the molecule is CCCCN=C1C=C(c2ccccc2)C(C)(C)O1. The molecule has 0 atom stereocenters. The molecule has 96 valence electrons. The second-order valence-electron chi connectivity index (χ2n) is 5.11. The van der Waals surface area contributed by atoms with Crippen LogP contribution in [-0.4, -0.2) is 18.0 Å². The molecule has 1 aromatic rings. The van der Waals surface area contributed by atoms with Gasteiger partial charge in [-0.3, -0.25) is 4.99 Å². The maximum atomic E-state index is 5.92. The van der Waals surface area contributed by atoms with E-state index in [2.05, 4.69) is 56.1 Å². The van der Waals surface area contributed by atoms with Crippen LogP contribution in [0, 0.1) is 0 Å². The van der Waals surface area contributed by atoms with Crippen molar-refractivity contribution in [2.24, 2.45) is 4.99 Å². The van der Waals surface area contributed by atoms with E-state index in [-0.39, 0.29) is 5.60 Å². The van der Waals surface area contributed by atoms with Gasteiger partial charge in [0.05, 0.1) is 0 Å². The molecule has 0 saturated carbocycles. The maximum Gasteiger partial charge on any atom is 0.209 e. The first-order valence-corrected chi connectivity index (χ1v) is 6.64. The molecule has 0 bridgehead atoms. The smallest absolute Gasteiger partial charge is 0.209 e. The van der Waals surface area contributed by atoms with Crippen molar-refractivity contribution in [3.8, 4) is 0 Å². The third-order valence-electron chi connectivity index (χ3n) is 3.14. The summed E-state index contributed by atoms with van der Waals surface area (Å²) in [6.45, 7) is 7.20. The molecule has 0 fully saturated rings. The van der Waals surface area contributed by atoms with E-state index in [1.54, 1.807) is 0 Å². The van der Waals surface area contributed by atoms with Gasteiger partial charge in [-0.25, -0.2) is 0 Å². The molecule has 0 N–H and O–H groups in total. The Labute approximate surface area is 109 Å². The van der Waals surface area contributed by atoms with Crippen LogP contribution in [0.4, 0.5) is 0 Å². The molecule has 18 heavy (non-hydrogen) atoms. The molecular formula is C16H21NO. The Morgan fingerprint density at radius 2 is 1.89 bits per heavy atom. The quantitative estimate of drug-likeness (QED) is 0.730. The summed E-state index contributed by atoms with van der Waals surface area (Å²) in [6, 6.07) is 10.4. The van der Waals surface area contributed by atoms with Gasteiger partial charge in [0.25, 0.3) is 0 Å². The molecule has 1 aliphatic heterocycles. The Morgan fingerprint density at radius 1 is 1.17 bits per heavy atom. The predicted molar refractivity (Wildman–Crippen MR) is 76.8 cm³/mol. The number of rotatable bonds is 4. The van der Waals surface area contributed by atoms with Gasteiger partial charge >= 0.3 is 0 Å². The Hall–Kier alpha value is -1.57. The van der Waals surface area contributed by atoms with Crippen molar-refractivity contribution in [3.05, 3.63) is 42.0 Å². The molecule has 2 heteroatoms. The summed E-state index contributed by atoms with van der Waals surface area (Å²) in [7, 11) is 0. The molecule has 2 rings (SSSR count). The van der Waals surface area contributed by atoms with Gasteiger partial charge in [-0.05, 0) is 25.8 Å². The molecule has 2 nitrogen and oxygen atoms in total. The van der Waals surface area contributed by atoms with Gasteiger partial charge in [0, 0.05) is 18.2 Å². The molecule has 1 heterocycles. The normalized spacial score (nSPS) is 19.7. The largest absolute Gasteiger partial charge is 0.467 e. The van der Waals surface area contributed by atoms with Gasteiger partial charge in [-0.2, -0.15) is 0 Å². The van der Waals surface area contributed by atoms with Crippen molar-refractivity contribution < 1.29 is 4.74 Å². The Morgan fingerprint density at radius 3 is 2.56 bits per heavy atom. The minimum absolute atomic E-state index is 0.285. The summed E-state index contributed by atoms with van der Waals surface area (Å²) in [5.74, 6) is 0.771. The van der Waals surface area contributed by atoms with Gasteiger partial charge in [0.2, 0.25) is 5.90 Å². The Bertz CT molecular complexity index is 457. The zero-order valence-corrected chi connectivity index (χ0v) is 11.4. The van der Waals surface area contributed by atoms with Gasteiger partial charge in [-0.1, -0.05) is 43.7 Å². The second kappa shape index (κ2) is 5.38. The van der Waals surface area contributed by atoms with E-state index in [4.69, 9.17) is 4.74 Å². The van der Waals surface area contributed by atoms with Crippen LogP contribution in [0.25, 0.3) is 5.57 Å². The average molecular weight is 243 g/mol. The lowest BCUT2D eigenvalue weighted by atomic mass is 9.93. The summed E-state index contributed by atoms with van der Waals surface area (Å²) in [6.07, 6.45) is 4.35. The molecule has 0 spiro atoms. The van der Waals surface area contributed by atoms with E-state index in [1.165, 1.54) is 11.1 Å². The van der Waals surface area contributed by atoms with Crippen LogP contribution in [0.15, 0.2) is 41.4 Å². The average Bonchev–Trinajstić information content (AvgIpc) is 2.66. The standard InChI is InChI=1S/C16H21NO/c1-4-5-11-17-15-12-14(16(2,3)18-15)13-9-7-6-8-10-13/h6-10,12H,4-5,11H2,1-3H3. The molecule has 0 aromatic heterocycles. The van der Waals surface area contributed by atoms with Crippen molar-refractivity contribution in [3.63, 3.8) is 0 Å². The summed E-state index contributed by atoms with van der Waals surface area (Å²) < 4.78 is 5.92. The van der Waals surface area contributed by atoms with Gasteiger partial charge in [0.15, 0.2) is 0 Å². The summed E-state index contributed by atoms with van der Waals surface area (Å²) in [4.78, 5) is 4.50. The minimum Gasteiger partial charge on any atom is -0.467 e. The van der Waals surface area contributed by atoms with Crippen LogP contribution in [0.2, 0.25) is 0 Å². The first kappa shape index (κ1) is 12.9. The van der Waals surface area contributed by atoms with E-state index in [0.717, 1.165) is 25.3 Å². The summed E-state index contributed by atoms with van der Waals surface area (Å²) in [5.41, 5.74) is 2.13. The topological polar surface area (TPSA) is 21.6 Å².